The van der Waals surface area contributed by atoms with Gasteiger partial charge in [0.1, 0.15) is 0 Å². The van der Waals surface area contributed by atoms with E-state index >= 15 is 0 Å². The molecule has 1 aliphatic heterocycles. The Kier molecular flexibility index (Phi) is 2.73. The van der Waals surface area contributed by atoms with Crippen molar-refractivity contribution in [2.24, 2.45) is 5.92 Å². The molecule has 0 radical (unpaired) electrons. The van der Waals surface area contributed by atoms with Crippen molar-refractivity contribution < 1.29 is 9.90 Å². The van der Waals surface area contributed by atoms with Crippen LogP contribution in [0.15, 0.2) is 24.3 Å². The van der Waals surface area contributed by atoms with Gasteiger partial charge in [-0.05, 0) is 23.6 Å². The number of carboxylic acid groups (broad SMARTS) is 1. The lowest BCUT2D eigenvalue weighted by Gasteiger charge is -2.37. The van der Waals surface area contributed by atoms with Crippen molar-refractivity contribution in [1.82, 2.24) is 4.90 Å². The molecule has 1 saturated heterocycles. The second-order valence-electron chi connectivity index (χ2n) is 4.30. The van der Waals surface area contributed by atoms with Crippen LogP contribution < -0.4 is 0 Å². The largest absolute Gasteiger partial charge is 0.478 e. The summed E-state index contributed by atoms with van der Waals surface area (Å²) in [7, 11) is 0. The molecule has 0 atom stereocenters. The molecule has 3 heteroatoms. The molecule has 1 heterocycles. The van der Waals surface area contributed by atoms with Crippen molar-refractivity contribution in [1.29, 1.82) is 0 Å². The summed E-state index contributed by atoms with van der Waals surface area (Å²) in [5, 5.41) is 8.74. The van der Waals surface area contributed by atoms with E-state index in [-0.39, 0.29) is 0 Å². The summed E-state index contributed by atoms with van der Waals surface area (Å²) < 4.78 is 0. The van der Waals surface area contributed by atoms with Gasteiger partial charge in [0, 0.05) is 19.6 Å². The van der Waals surface area contributed by atoms with Crippen LogP contribution in [0.3, 0.4) is 0 Å². The summed E-state index contributed by atoms with van der Waals surface area (Å²) in [6.07, 6.45) is 0. The average molecular weight is 205 g/mol. The number of likely N-dealkylation sites (tertiary alicyclic amines) is 1. The fraction of sp³-hybridized carbons (Fsp3) is 0.417. The molecule has 0 saturated carbocycles. The number of benzene rings is 1. The molecule has 0 unspecified atom stereocenters. The van der Waals surface area contributed by atoms with Crippen molar-refractivity contribution in [3.8, 4) is 0 Å². The standard InChI is InChI=1S/C12H15NO2/c1-9-6-13(7-9)8-10-2-4-11(5-3-10)12(14)15/h2-5,9H,6-8H2,1H3,(H,14,15). The molecule has 0 spiro atoms. The molecule has 1 N–H and O–H groups in total. The lowest BCUT2D eigenvalue weighted by molar-refractivity contribution is 0.0697. The van der Waals surface area contributed by atoms with E-state index < -0.39 is 5.97 Å². The fourth-order valence-electron chi connectivity index (χ4n) is 1.97. The first-order chi connectivity index (χ1) is 7.15. The van der Waals surface area contributed by atoms with Gasteiger partial charge >= 0.3 is 5.97 Å². The summed E-state index contributed by atoms with van der Waals surface area (Å²) in [5.41, 5.74) is 1.54. The number of hydrogen-bond acceptors (Lipinski definition) is 2. The number of carbonyl (C=O) groups is 1. The van der Waals surface area contributed by atoms with E-state index in [0.29, 0.717) is 5.56 Å². The monoisotopic (exact) mass is 205 g/mol. The van der Waals surface area contributed by atoms with Gasteiger partial charge in [-0.15, -0.1) is 0 Å². The number of hydrogen-bond donors (Lipinski definition) is 1. The molecule has 80 valence electrons. The maximum Gasteiger partial charge on any atom is 0.335 e. The van der Waals surface area contributed by atoms with Gasteiger partial charge in [-0.25, -0.2) is 4.79 Å². The highest BCUT2D eigenvalue weighted by Crippen LogP contribution is 2.17. The highest BCUT2D eigenvalue weighted by molar-refractivity contribution is 5.87. The van der Waals surface area contributed by atoms with E-state index in [1.807, 2.05) is 12.1 Å². The van der Waals surface area contributed by atoms with Gasteiger partial charge in [0.05, 0.1) is 5.56 Å². The molecule has 0 aliphatic carbocycles. The number of carboxylic acids is 1. The second kappa shape index (κ2) is 4.03. The molecule has 1 aromatic rings. The number of aromatic carboxylic acids is 1. The van der Waals surface area contributed by atoms with Crippen LogP contribution >= 0.6 is 0 Å². The minimum Gasteiger partial charge on any atom is -0.478 e. The minimum atomic E-state index is -0.862. The normalized spacial score (nSPS) is 17.4. The van der Waals surface area contributed by atoms with Crippen LogP contribution in [-0.2, 0) is 6.54 Å². The smallest absolute Gasteiger partial charge is 0.335 e. The predicted octanol–water partition coefficient (Wildman–Crippen LogP) is 1.84. The van der Waals surface area contributed by atoms with Crippen LogP contribution in [0.25, 0.3) is 0 Å². The van der Waals surface area contributed by atoms with Crippen LogP contribution in [0.4, 0.5) is 0 Å². The number of rotatable bonds is 3. The van der Waals surface area contributed by atoms with Crippen molar-refractivity contribution in [3.63, 3.8) is 0 Å². The summed E-state index contributed by atoms with van der Waals surface area (Å²) in [6.45, 7) is 5.48. The summed E-state index contributed by atoms with van der Waals surface area (Å²) in [6, 6.07) is 7.13. The average Bonchev–Trinajstić information content (AvgIpc) is 2.16. The first kappa shape index (κ1) is 10.2. The first-order valence-corrected chi connectivity index (χ1v) is 5.20. The lowest BCUT2D eigenvalue weighted by atomic mass is 10.0. The van der Waals surface area contributed by atoms with Crippen LogP contribution in [0, 0.1) is 5.92 Å². The Labute approximate surface area is 89.3 Å². The molecule has 3 nitrogen and oxygen atoms in total. The van der Waals surface area contributed by atoms with Gasteiger partial charge in [0.25, 0.3) is 0 Å². The maximum absolute atomic E-state index is 10.6. The van der Waals surface area contributed by atoms with Gasteiger partial charge in [-0.3, -0.25) is 4.90 Å². The van der Waals surface area contributed by atoms with E-state index in [9.17, 15) is 4.79 Å². The molecule has 15 heavy (non-hydrogen) atoms. The Morgan fingerprint density at radius 2 is 2.00 bits per heavy atom. The van der Waals surface area contributed by atoms with Crippen molar-refractivity contribution >= 4 is 5.97 Å². The molecule has 1 aromatic carbocycles. The van der Waals surface area contributed by atoms with Crippen molar-refractivity contribution in [3.05, 3.63) is 35.4 Å². The highest BCUT2D eigenvalue weighted by Gasteiger charge is 2.21. The fourth-order valence-corrected chi connectivity index (χ4v) is 1.97. The Morgan fingerprint density at radius 3 is 2.47 bits per heavy atom. The van der Waals surface area contributed by atoms with Crippen LogP contribution in [0.2, 0.25) is 0 Å². The third-order valence-corrected chi connectivity index (χ3v) is 2.75. The molecule has 1 aliphatic rings. The Balaban J connectivity index is 1.95. The third-order valence-electron chi connectivity index (χ3n) is 2.75. The molecular weight excluding hydrogens is 190 g/mol. The summed E-state index contributed by atoms with van der Waals surface area (Å²) in [4.78, 5) is 13.0. The van der Waals surface area contributed by atoms with Gasteiger partial charge in [-0.2, -0.15) is 0 Å². The molecule has 2 rings (SSSR count). The van der Waals surface area contributed by atoms with E-state index in [1.54, 1.807) is 12.1 Å². The SMILES string of the molecule is CC1CN(Cc2ccc(C(=O)O)cc2)C1. The van der Waals surface area contributed by atoms with Crippen LogP contribution in [-0.4, -0.2) is 29.1 Å². The Bertz CT molecular complexity index is 352. The van der Waals surface area contributed by atoms with E-state index in [0.717, 1.165) is 25.6 Å². The second-order valence-corrected chi connectivity index (χ2v) is 4.30. The van der Waals surface area contributed by atoms with Gasteiger partial charge in [0.2, 0.25) is 0 Å². The van der Waals surface area contributed by atoms with Gasteiger partial charge in [0.15, 0.2) is 0 Å². The van der Waals surface area contributed by atoms with Crippen molar-refractivity contribution in [2.75, 3.05) is 13.1 Å². The van der Waals surface area contributed by atoms with Crippen molar-refractivity contribution in [2.45, 2.75) is 13.5 Å². The molecule has 0 amide bonds. The topological polar surface area (TPSA) is 40.5 Å². The van der Waals surface area contributed by atoms with E-state index in [2.05, 4.69) is 11.8 Å². The molecule has 0 aromatic heterocycles. The summed E-state index contributed by atoms with van der Waals surface area (Å²) in [5.74, 6) is -0.0533. The molecule has 1 fully saturated rings. The molecular formula is C12H15NO2. The maximum atomic E-state index is 10.6. The Hall–Kier alpha value is -1.35. The van der Waals surface area contributed by atoms with Gasteiger partial charge < -0.3 is 5.11 Å². The zero-order valence-corrected chi connectivity index (χ0v) is 8.81. The lowest BCUT2D eigenvalue weighted by Crippen LogP contribution is -2.44. The molecule has 0 bridgehead atoms. The zero-order chi connectivity index (χ0) is 10.8. The summed E-state index contributed by atoms with van der Waals surface area (Å²) >= 11 is 0. The number of nitrogens with zero attached hydrogens (tertiary/aromatic N) is 1. The quantitative estimate of drug-likeness (QED) is 0.818. The van der Waals surface area contributed by atoms with Crippen LogP contribution in [0.5, 0.6) is 0 Å². The Morgan fingerprint density at radius 1 is 1.40 bits per heavy atom. The van der Waals surface area contributed by atoms with Crippen LogP contribution in [0.1, 0.15) is 22.8 Å². The highest BCUT2D eigenvalue weighted by atomic mass is 16.4. The van der Waals surface area contributed by atoms with E-state index in [1.165, 1.54) is 5.56 Å². The minimum absolute atomic E-state index is 0.357. The predicted molar refractivity (Wildman–Crippen MR) is 57.8 cm³/mol. The first-order valence-electron chi connectivity index (χ1n) is 5.20. The van der Waals surface area contributed by atoms with Gasteiger partial charge in [-0.1, -0.05) is 19.1 Å². The van der Waals surface area contributed by atoms with E-state index in [4.69, 9.17) is 5.11 Å². The zero-order valence-electron chi connectivity index (χ0n) is 8.81. The third kappa shape index (κ3) is 2.36.